The molecule has 9 aromatic carbocycles. The van der Waals surface area contributed by atoms with Gasteiger partial charge in [-0.05, 0) is 121 Å². The van der Waals surface area contributed by atoms with E-state index in [0.717, 1.165) is 17.1 Å². The molecular weight excluding hydrogens is 867 g/mol. The Kier molecular flexibility index (Phi) is 9.14. The highest BCUT2D eigenvalue weighted by Gasteiger charge is 2.43. The number of hydrogen-bond acceptors (Lipinski definition) is 4. The molecule has 0 bridgehead atoms. The Morgan fingerprint density at radius 1 is 0.299 bits per heavy atom. The topological polar surface area (TPSA) is 3.24 Å². The van der Waals surface area contributed by atoms with Gasteiger partial charge in [0.1, 0.15) is 0 Å². The summed E-state index contributed by atoms with van der Waals surface area (Å²) in [6.45, 7) is 14.4. The monoisotopic (exact) mass is 915 g/mol. The van der Waals surface area contributed by atoms with E-state index < -0.39 is 0 Å². The zero-order valence-corrected chi connectivity index (χ0v) is 41.0. The third kappa shape index (κ3) is 6.12. The quantitative estimate of drug-likeness (QED) is 0.169. The maximum Gasteiger partial charge on any atom is 0.0465 e. The maximum absolute atomic E-state index is 2.48. The van der Waals surface area contributed by atoms with Crippen LogP contribution in [-0.4, -0.2) is 0 Å². The molecular formula is C63H49NS3. The lowest BCUT2D eigenvalue weighted by Gasteiger charge is -2.36. The minimum atomic E-state index is -0.178. The fourth-order valence-electron chi connectivity index (χ4n) is 11.6. The van der Waals surface area contributed by atoms with Gasteiger partial charge in [0.05, 0.1) is 0 Å². The van der Waals surface area contributed by atoms with Crippen molar-refractivity contribution >= 4 is 52.3 Å². The van der Waals surface area contributed by atoms with Crippen LogP contribution >= 0.6 is 35.3 Å². The first-order chi connectivity index (χ1) is 32.5. The van der Waals surface area contributed by atoms with Crippen LogP contribution in [0.25, 0.3) is 44.5 Å². The fraction of sp³-hybridized carbons (Fsp3) is 0.143. The van der Waals surface area contributed by atoms with Gasteiger partial charge >= 0.3 is 0 Å². The van der Waals surface area contributed by atoms with E-state index in [1.165, 1.54) is 107 Å². The summed E-state index contributed by atoms with van der Waals surface area (Å²) in [5, 5.41) is 0. The normalized spacial score (nSPS) is 15.8. The largest absolute Gasteiger partial charge is 0.310 e. The first-order valence-electron chi connectivity index (χ1n) is 23.4. The van der Waals surface area contributed by atoms with Crippen molar-refractivity contribution in [2.24, 2.45) is 0 Å². The summed E-state index contributed by atoms with van der Waals surface area (Å²) in [7, 11) is 0. The van der Waals surface area contributed by atoms with Crippen LogP contribution in [-0.2, 0) is 16.2 Å². The lowest BCUT2D eigenvalue weighted by atomic mass is 9.75. The predicted molar refractivity (Wildman–Crippen MR) is 285 cm³/mol. The molecule has 1 nitrogen and oxygen atoms in total. The Hall–Kier alpha value is -6.17. The Morgan fingerprint density at radius 3 is 1.58 bits per heavy atom. The molecule has 2 aliphatic heterocycles. The lowest BCUT2D eigenvalue weighted by molar-refractivity contribution is 0.604. The summed E-state index contributed by atoms with van der Waals surface area (Å²) in [5.41, 5.74) is 22.0. The Bertz CT molecular complexity index is 3510. The van der Waals surface area contributed by atoms with Crippen molar-refractivity contribution < 1.29 is 0 Å². The molecule has 0 fully saturated rings. The van der Waals surface area contributed by atoms with Crippen LogP contribution in [0.3, 0.4) is 0 Å². The molecule has 0 amide bonds. The Labute approximate surface area is 407 Å². The second-order valence-electron chi connectivity index (χ2n) is 20.1. The van der Waals surface area contributed by atoms with E-state index in [2.05, 4.69) is 234 Å². The van der Waals surface area contributed by atoms with Crippen molar-refractivity contribution in [2.75, 3.05) is 4.90 Å². The number of nitrogens with zero attached hydrogens (tertiary/aromatic N) is 1. The zero-order chi connectivity index (χ0) is 45.4. The predicted octanol–water partition coefficient (Wildman–Crippen LogP) is 18.5. The number of anilines is 3. The fourth-order valence-corrected chi connectivity index (χ4v) is 15.7. The minimum absolute atomic E-state index is 0.0310. The second-order valence-corrected chi connectivity index (χ2v) is 23.2. The van der Waals surface area contributed by atoms with E-state index in [0.29, 0.717) is 0 Å². The van der Waals surface area contributed by atoms with E-state index in [4.69, 9.17) is 0 Å². The third-order valence-corrected chi connectivity index (χ3v) is 19.1. The van der Waals surface area contributed by atoms with Gasteiger partial charge in [-0.3, -0.25) is 0 Å². The van der Waals surface area contributed by atoms with Crippen LogP contribution in [0.4, 0.5) is 17.1 Å². The van der Waals surface area contributed by atoms with E-state index >= 15 is 0 Å². The first kappa shape index (κ1) is 41.1. The molecule has 0 saturated heterocycles. The van der Waals surface area contributed by atoms with Crippen molar-refractivity contribution in [3.05, 3.63) is 221 Å². The molecule has 4 heteroatoms. The molecule has 4 aliphatic rings. The van der Waals surface area contributed by atoms with Gasteiger partial charge in [0.25, 0.3) is 0 Å². The van der Waals surface area contributed by atoms with Crippen molar-refractivity contribution in [3.63, 3.8) is 0 Å². The summed E-state index contributed by atoms with van der Waals surface area (Å²) in [4.78, 5) is 10.6. The maximum atomic E-state index is 2.48. The van der Waals surface area contributed by atoms with Crippen molar-refractivity contribution in [3.8, 4) is 44.5 Å². The SMILES string of the molecule is CC1(C)c2ccccc2Sc2c1ccc1c2-c2ccc(N(c3ccc(-c4ccccc4)cc3)c3ccc(-c4cccc5c4Sc4c(ccc6c4-c4ccccc4C6(C)C)S5)cc3)cc2C1(C)C. The standard InChI is InChI=1S/C63H49NS3/c1-61(2)47-19-11-10-17-45(47)57-50(61)35-36-55-60(57)67-58-44(18-14-22-54(58)65-55)40-25-29-42(30-26-40)64(41-27-23-39(24-28-41)38-15-8-7-9-16-38)43-31-32-46-52(37-43)63(5,6)49-33-34-51-59(56(46)49)66-53-21-13-12-20-48(53)62(51,3)4/h7-37H,1-6H3. The van der Waals surface area contributed by atoms with Crippen LogP contribution < -0.4 is 4.90 Å². The molecule has 0 spiro atoms. The molecule has 0 radical (unpaired) electrons. The van der Waals surface area contributed by atoms with Gasteiger partial charge in [0, 0.05) is 73.8 Å². The van der Waals surface area contributed by atoms with Gasteiger partial charge in [-0.15, -0.1) is 0 Å². The van der Waals surface area contributed by atoms with Crippen molar-refractivity contribution in [1.82, 2.24) is 0 Å². The summed E-state index contributed by atoms with van der Waals surface area (Å²) >= 11 is 5.82. The molecule has 13 rings (SSSR count). The van der Waals surface area contributed by atoms with Gasteiger partial charge in [-0.1, -0.05) is 210 Å². The lowest BCUT2D eigenvalue weighted by Crippen LogP contribution is -2.24. The third-order valence-electron chi connectivity index (χ3n) is 15.2. The Morgan fingerprint density at radius 2 is 0.821 bits per heavy atom. The number of hydrogen-bond donors (Lipinski definition) is 0. The van der Waals surface area contributed by atoms with Crippen molar-refractivity contribution in [2.45, 2.75) is 87.2 Å². The molecule has 2 aliphatic carbocycles. The average Bonchev–Trinajstić information content (AvgIpc) is 3.73. The first-order valence-corrected chi connectivity index (χ1v) is 25.9. The highest BCUT2D eigenvalue weighted by atomic mass is 32.2. The smallest absolute Gasteiger partial charge is 0.0465 e. The summed E-state index contributed by atoms with van der Waals surface area (Å²) in [6, 6.07) is 70.7. The Balaban J connectivity index is 0.906. The van der Waals surface area contributed by atoms with E-state index in [-0.39, 0.29) is 16.2 Å². The van der Waals surface area contributed by atoms with Crippen LogP contribution in [0, 0.1) is 0 Å². The summed E-state index contributed by atoms with van der Waals surface area (Å²) < 4.78 is 0. The molecule has 0 aromatic heterocycles. The van der Waals surface area contributed by atoms with Gasteiger partial charge in [0.15, 0.2) is 0 Å². The molecule has 0 saturated carbocycles. The summed E-state index contributed by atoms with van der Waals surface area (Å²) in [6.07, 6.45) is 0. The molecule has 324 valence electrons. The minimum Gasteiger partial charge on any atom is -0.310 e. The van der Waals surface area contributed by atoms with E-state index in [9.17, 15) is 0 Å². The van der Waals surface area contributed by atoms with Crippen molar-refractivity contribution in [1.29, 1.82) is 0 Å². The van der Waals surface area contributed by atoms with Crippen LogP contribution in [0.2, 0.25) is 0 Å². The number of fused-ring (bicyclic) bond motifs is 12. The highest BCUT2D eigenvalue weighted by Crippen LogP contribution is 2.61. The summed E-state index contributed by atoms with van der Waals surface area (Å²) in [5.74, 6) is 0. The van der Waals surface area contributed by atoms with Crippen LogP contribution in [0.15, 0.2) is 217 Å². The van der Waals surface area contributed by atoms with Crippen LogP contribution in [0.5, 0.6) is 0 Å². The average molecular weight is 916 g/mol. The molecule has 9 aromatic rings. The molecule has 67 heavy (non-hydrogen) atoms. The molecule has 0 unspecified atom stereocenters. The zero-order valence-electron chi connectivity index (χ0n) is 38.6. The van der Waals surface area contributed by atoms with Gasteiger partial charge < -0.3 is 4.90 Å². The van der Waals surface area contributed by atoms with Gasteiger partial charge in [-0.2, -0.15) is 0 Å². The van der Waals surface area contributed by atoms with Gasteiger partial charge in [0.2, 0.25) is 0 Å². The number of rotatable bonds is 5. The molecule has 0 atom stereocenters. The van der Waals surface area contributed by atoms with Gasteiger partial charge in [-0.25, -0.2) is 0 Å². The highest BCUT2D eigenvalue weighted by molar-refractivity contribution is 8.05. The van der Waals surface area contributed by atoms with E-state index in [1.807, 2.05) is 35.3 Å². The molecule has 2 heterocycles. The molecule has 0 N–H and O–H groups in total. The second kappa shape index (κ2) is 14.9. The van der Waals surface area contributed by atoms with E-state index in [1.54, 1.807) is 0 Å². The number of benzene rings is 9. The van der Waals surface area contributed by atoms with Crippen LogP contribution in [0.1, 0.15) is 74.9 Å².